The number of nitrogens with zero attached hydrogens (tertiary/aromatic N) is 1. The Balaban J connectivity index is 2.03. The number of amides is 2. The number of carbonyl (C=O) groups excluding carboxylic acids is 3. The van der Waals surface area contributed by atoms with E-state index in [2.05, 4.69) is 5.32 Å². The first-order valence-electron chi connectivity index (χ1n) is 5.83. The van der Waals surface area contributed by atoms with Gasteiger partial charge in [0, 0.05) is 26.1 Å². The van der Waals surface area contributed by atoms with Crippen LogP contribution < -0.4 is 5.32 Å². The highest BCUT2D eigenvalue weighted by molar-refractivity contribution is 14.1. The molecule has 102 valence electrons. The van der Waals surface area contributed by atoms with E-state index in [-0.39, 0.29) is 17.6 Å². The molecule has 0 aliphatic carbocycles. The van der Waals surface area contributed by atoms with Crippen LogP contribution in [0.3, 0.4) is 0 Å². The number of likely N-dealkylation sites (tertiary alicyclic amines) is 1. The maximum Gasteiger partial charge on any atom is 0.230 e. The number of alkyl halides is 1. The highest BCUT2D eigenvalue weighted by Crippen LogP contribution is 2.08. The van der Waals surface area contributed by atoms with Gasteiger partial charge in [-0.1, -0.05) is 22.6 Å². The number of hydrogen-bond donors (Lipinski definition) is 1. The highest BCUT2D eigenvalue weighted by atomic mass is 127. The molecule has 0 radical (unpaired) electrons. The van der Waals surface area contributed by atoms with Gasteiger partial charge >= 0.3 is 0 Å². The van der Waals surface area contributed by atoms with E-state index in [0.717, 1.165) is 13.0 Å². The SMILES string of the molecule is O=C(CI)CSCC(=O)NCCN1CCCC1=O. The summed E-state index contributed by atoms with van der Waals surface area (Å²) in [6.45, 7) is 1.88. The van der Waals surface area contributed by atoms with Crippen LogP contribution in [0.1, 0.15) is 12.8 Å². The van der Waals surface area contributed by atoms with Crippen LogP contribution in [0.2, 0.25) is 0 Å². The van der Waals surface area contributed by atoms with Gasteiger partial charge in [-0.05, 0) is 6.42 Å². The van der Waals surface area contributed by atoms with Gasteiger partial charge < -0.3 is 10.2 Å². The smallest absolute Gasteiger partial charge is 0.230 e. The summed E-state index contributed by atoms with van der Waals surface area (Å²) < 4.78 is 0.490. The summed E-state index contributed by atoms with van der Waals surface area (Å²) in [5.74, 6) is 0.937. The number of carbonyl (C=O) groups is 3. The van der Waals surface area contributed by atoms with Gasteiger partial charge in [-0.3, -0.25) is 14.4 Å². The second-order valence-electron chi connectivity index (χ2n) is 4.00. The van der Waals surface area contributed by atoms with Crippen molar-refractivity contribution in [3.05, 3.63) is 0 Å². The average Bonchev–Trinajstić information content (AvgIpc) is 2.75. The van der Waals surface area contributed by atoms with E-state index in [9.17, 15) is 14.4 Å². The zero-order chi connectivity index (χ0) is 13.4. The molecule has 1 aliphatic rings. The molecule has 0 aromatic heterocycles. The lowest BCUT2D eigenvalue weighted by Crippen LogP contribution is -2.36. The lowest BCUT2D eigenvalue weighted by atomic mass is 10.4. The molecule has 0 aromatic carbocycles. The van der Waals surface area contributed by atoms with Crippen LogP contribution in [-0.2, 0) is 14.4 Å². The lowest BCUT2D eigenvalue weighted by molar-refractivity contribution is -0.128. The standard InChI is InChI=1S/C11H17IN2O3S/c12-6-9(15)7-18-8-10(16)13-3-5-14-4-1-2-11(14)17/h1-8H2,(H,13,16). The van der Waals surface area contributed by atoms with Crippen molar-refractivity contribution in [3.63, 3.8) is 0 Å². The predicted molar refractivity (Wildman–Crippen MR) is 80.0 cm³/mol. The first kappa shape index (κ1) is 15.7. The third kappa shape index (κ3) is 6.03. The summed E-state index contributed by atoms with van der Waals surface area (Å²) in [6.07, 6.45) is 1.54. The first-order valence-corrected chi connectivity index (χ1v) is 8.51. The number of Topliss-reactive ketones (excluding diaryl/α,β-unsaturated/α-hetero) is 1. The summed E-state index contributed by atoms with van der Waals surface area (Å²) in [5, 5.41) is 2.76. The Labute approximate surface area is 125 Å². The van der Waals surface area contributed by atoms with Crippen molar-refractivity contribution in [1.29, 1.82) is 0 Å². The number of halogens is 1. The Morgan fingerprint density at radius 2 is 2.17 bits per heavy atom. The third-order valence-corrected chi connectivity index (χ3v) is 4.36. The maximum atomic E-state index is 11.4. The number of hydrogen-bond acceptors (Lipinski definition) is 4. The van der Waals surface area contributed by atoms with E-state index < -0.39 is 0 Å². The van der Waals surface area contributed by atoms with Crippen molar-refractivity contribution < 1.29 is 14.4 Å². The fraction of sp³-hybridized carbons (Fsp3) is 0.727. The van der Waals surface area contributed by atoms with E-state index in [4.69, 9.17) is 0 Å². The second kappa shape index (κ2) is 8.73. The number of thioether (sulfide) groups is 1. The molecule has 1 N–H and O–H groups in total. The van der Waals surface area contributed by atoms with E-state index >= 15 is 0 Å². The molecule has 2 amide bonds. The molecule has 0 saturated carbocycles. The number of ketones is 1. The molecule has 5 nitrogen and oxygen atoms in total. The Bertz CT molecular complexity index is 325. The van der Waals surface area contributed by atoms with Crippen molar-refractivity contribution in [2.24, 2.45) is 0 Å². The lowest BCUT2D eigenvalue weighted by Gasteiger charge is -2.15. The topological polar surface area (TPSA) is 66.5 Å². The summed E-state index contributed by atoms with van der Waals surface area (Å²) in [6, 6.07) is 0. The molecule has 1 saturated heterocycles. The molecular formula is C11H17IN2O3S. The first-order chi connectivity index (χ1) is 8.63. The summed E-state index contributed by atoms with van der Waals surface area (Å²) in [4.78, 5) is 35.5. The monoisotopic (exact) mass is 384 g/mol. The summed E-state index contributed by atoms with van der Waals surface area (Å²) in [5.41, 5.74) is 0. The fourth-order valence-electron chi connectivity index (χ4n) is 1.62. The van der Waals surface area contributed by atoms with Crippen LogP contribution in [0.4, 0.5) is 0 Å². The highest BCUT2D eigenvalue weighted by Gasteiger charge is 2.19. The molecule has 1 rings (SSSR count). The number of nitrogens with one attached hydrogen (secondary N) is 1. The van der Waals surface area contributed by atoms with Gasteiger partial charge in [0.25, 0.3) is 0 Å². The maximum absolute atomic E-state index is 11.4. The van der Waals surface area contributed by atoms with Crippen molar-refractivity contribution >= 4 is 52.0 Å². The van der Waals surface area contributed by atoms with Crippen molar-refractivity contribution in [1.82, 2.24) is 10.2 Å². The molecule has 0 spiro atoms. The Kier molecular flexibility index (Phi) is 7.64. The fourth-order valence-corrected chi connectivity index (χ4v) is 2.97. The zero-order valence-corrected chi connectivity index (χ0v) is 13.1. The normalized spacial score (nSPS) is 14.9. The Hall–Kier alpha value is -0.310. The molecule has 0 unspecified atom stereocenters. The van der Waals surface area contributed by atoms with Crippen LogP contribution in [0.5, 0.6) is 0 Å². The van der Waals surface area contributed by atoms with E-state index in [1.54, 1.807) is 4.90 Å². The van der Waals surface area contributed by atoms with E-state index in [1.807, 2.05) is 22.6 Å². The van der Waals surface area contributed by atoms with Gasteiger partial charge in [-0.15, -0.1) is 11.8 Å². The molecule has 18 heavy (non-hydrogen) atoms. The van der Waals surface area contributed by atoms with E-state index in [0.29, 0.717) is 35.4 Å². The van der Waals surface area contributed by atoms with Crippen molar-refractivity contribution in [3.8, 4) is 0 Å². The Morgan fingerprint density at radius 1 is 1.39 bits per heavy atom. The molecule has 0 aromatic rings. The molecule has 7 heteroatoms. The predicted octanol–water partition coefficient (Wildman–Crippen LogP) is 0.462. The minimum absolute atomic E-state index is 0.0760. The van der Waals surface area contributed by atoms with Crippen LogP contribution in [0.15, 0.2) is 0 Å². The van der Waals surface area contributed by atoms with Crippen LogP contribution in [0, 0.1) is 0 Å². The second-order valence-corrected chi connectivity index (χ2v) is 5.75. The molecule has 0 atom stereocenters. The van der Waals surface area contributed by atoms with Gasteiger partial charge in [0.05, 0.1) is 15.9 Å². The molecule has 1 aliphatic heterocycles. The molecule has 1 fully saturated rings. The van der Waals surface area contributed by atoms with Gasteiger partial charge in [-0.2, -0.15) is 0 Å². The van der Waals surface area contributed by atoms with Gasteiger partial charge in [0.2, 0.25) is 11.8 Å². The van der Waals surface area contributed by atoms with Crippen molar-refractivity contribution in [2.45, 2.75) is 12.8 Å². The summed E-state index contributed by atoms with van der Waals surface area (Å²) in [7, 11) is 0. The minimum Gasteiger partial charge on any atom is -0.354 e. The van der Waals surface area contributed by atoms with Crippen LogP contribution in [0.25, 0.3) is 0 Å². The quantitative estimate of drug-likeness (QED) is 0.488. The minimum atomic E-state index is -0.0760. The largest absolute Gasteiger partial charge is 0.354 e. The molecule has 0 bridgehead atoms. The van der Waals surface area contributed by atoms with Crippen LogP contribution in [-0.4, -0.2) is 58.1 Å². The van der Waals surface area contributed by atoms with E-state index in [1.165, 1.54) is 11.8 Å². The third-order valence-electron chi connectivity index (χ3n) is 2.52. The van der Waals surface area contributed by atoms with Gasteiger partial charge in [-0.25, -0.2) is 0 Å². The van der Waals surface area contributed by atoms with Gasteiger partial charge in [0.15, 0.2) is 5.78 Å². The number of rotatable bonds is 8. The van der Waals surface area contributed by atoms with Gasteiger partial charge in [0.1, 0.15) is 0 Å². The molecular weight excluding hydrogens is 367 g/mol. The Morgan fingerprint density at radius 3 is 2.78 bits per heavy atom. The van der Waals surface area contributed by atoms with Crippen LogP contribution >= 0.6 is 34.4 Å². The summed E-state index contributed by atoms with van der Waals surface area (Å²) >= 11 is 3.35. The van der Waals surface area contributed by atoms with Crippen molar-refractivity contribution in [2.75, 3.05) is 35.6 Å². The zero-order valence-electron chi connectivity index (χ0n) is 10.1. The molecule has 1 heterocycles. The average molecular weight is 384 g/mol.